The Kier molecular flexibility index (Phi) is 7.16. The van der Waals surface area contributed by atoms with Gasteiger partial charge < -0.3 is 20.5 Å². The quantitative estimate of drug-likeness (QED) is 0.809. The molecule has 0 spiro atoms. The van der Waals surface area contributed by atoms with Gasteiger partial charge in [-0.15, -0.1) is 0 Å². The van der Waals surface area contributed by atoms with Crippen LogP contribution in [0.2, 0.25) is 0 Å². The maximum atomic E-state index is 10.5. The number of cyclic esters (lactones) is 1. The summed E-state index contributed by atoms with van der Waals surface area (Å²) in [5, 5.41) is 2.72. The number of primary amides is 1. The topological polar surface area (TPSA) is 90.7 Å². The molecule has 0 aromatic carbocycles. The Bertz CT molecular complexity index is 283. The summed E-state index contributed by atoms with van der Waals surface area (Å²) in [6.07, 6.45) is 0.945. The van der Waals surface area contributed by atoms with Crippen molar-refractivity contribution in [3.8, 4) is 0 Å². The first-order chi connectivity index (χ1) is 8.33. The van der Waals surface area contributed by atoms with Gasteiger partial charge in [0.15, 0.2) is 0 Å². The first kappa shape index (κ1) is 16.5. The molecule has 1 aliphatic rings. The van der Waals surface area contributed by atoms with Gasteiger partial charge in [-0.05, 0) is 19.3 Å². The number of hydrogen-bond donors (Lipinski definition) is 2. The van der Waals surface area contributed by atoms with Crippen LogP contribution >= 0.6 is 0 Å². The minimum Gasteiger partial charge on any atom is -0.449 e. The third-order valence-electron chi connectivity index (χ3n) is 2.91. The number of rotatable bonds is 4. The monoisotopic (exact) mass is 260 g/mol. The number of carbonyl (C=O) groups is 2. The van der Waals surface area contributed by atoms with Gasteiger partial charge in [-0.3, -0.25) is 0 Å². The zero-order chi connectivity index (χ0) is 14.2. The van der Waals surface area contributed by atoms with Gasteiger partial charge in [0.2, 0.25) is 0 Å². The summed E-state index contributed by atoms with van der Waals surface area (Å²) in [4.78, 5) is 20.5. The SMILES string of the molecule is CC[C@H](C)COC(N)=O.CC[C@]1(C)COC(=O)N1. The number of hydrogen-bond acceptors (Lipinski definition) is 4. The molecule has 1 rings (SSSR count). The largest absolute Gasteiger partial charge is 0.449 e. The summed E-state index contributed by atoms with van der Waals surface area (Å²) in [5.41, 5.74) is 4.62. The van der Waals surface area contributed by atoms with Crippen molar-refractivity contribution < 1.29 is 19.1 Å². The summed E-state index contributed by atoms with van der Waals surface area (Å²) in [5.74, 6) is 0.414. The van der Waals surface area contributed by atoms with Crippen LogP contribution in [0.3, 0.4) is 0 Å². The highest BCUT2D eigenvalue weighted by Crippen LogP contribution is 2.14. The second-order valence-corrected chi connectivity index (χ2v) is 4.76. The molecule has 1 saturated heterocycles. The third-order valence-corrected chi connectivity index (χ3v) is 2.91. The smallest absolute Gasteiger partial charge is 0.407 e. The van der Waals surface area contributed by atoms with Crippen molar-refractivity contribution in [2.45, 2.75) is 46.1 Å². The fourth-order valence-corrected chi connectivity index (χ4v) is 1.08. The number of ether oxygens (including phenoxy) is 2. The Balaban J connectivity index is 0.000000321. The van der Waals surface area contributed by atoms with E-state index in [9.17, 15) is 9.59 Å². The van der Waals surface area contributed by atoms with E-state index >= 15 is 0 Å². The van der Waals surface area contributed by atoms with Crippen molar-refractivity contribution in [2.24, 2.45) is 11.7 Å². The molecule has 18 heavy (non-hydrogen) atoms. The van der Waals surface area contributed by atoms with E-state index in [0.29, 0.717) is 19.1 Å². The molecule has 0 saturated carbocycles. The van der Waals surface area contributed by atoms with Crippen molar-refractivity contribution in [2.75, 3.05) is 13.2 Å². The van der Waals surface area contributed by atoms with Gasteiger partial charge in [0.25, 0.3) is 0 Å². The zero-order valence-electron chi connectivity index (χ0n) is 11.6. The maximum absolute atomic E-state index is 10.5. The molecule has 0 aliphatic carbocycles. The van der Waals surface area contributed by atoms with Crippen molar-refractivity contribution >= 4 is 12.2 Å². The fourth-order valence-electron chi connectivity index (χ4n) is 1.08. The van der Waals surface area contributed by atoms with Crippen LogP contribution in [0, 0.1) is 5.92 Å². The maximum Gasteiger partial charge on any atom is 0.407 e. The standard InChI is InChI=1S/C6H11NO2.C6H13NO2/c1-3-6(2)4-9-5(8)7-6;1-3-5(2)4-9-6(7)8/h3-4H2,1-2H3,(H,7,8);5H,3-4H2,1-2H3,(H2,7,8)/t6-;5-/m10/s1. The molecule has 106 valence electrons. The van der Waals surface area contributed by atoms with Crippen LogP contribution in [-0.4, -0.2) is 30.9 Å². The Hall–Kier alpha value is -1.46. The highest BCUT2D eigenvalue weighted by Gasteiger charge is 2.32. The molecule has 6 heteroatoms. The zero-order valence-corrected chi connectivity index (χ0v) is 11.6. The van der Waals surface area contributed by atoms with Gasteiger partial charge in [-0.1, -0.05) is 27.2 Å². The van der Waals surface area contributed by atoms with Gasteiger partial charge in [0.05, 0.1) is 12.1 Å². The minimum absolute atomic E-state index is 0.114. The van der Waals surface area contributed by atoms with Crippen LogP contribution in [0.25, 0.3) is 0 Å². The number of nitrogens with one attached hydrogen (secondary N) is 1. The van der Waals surface area contributed by atoms with Crippen LogP contribution in [-0.2, 0) is 9.47 Å². The lowest BCUT2D eigenvalue weighted by molar-refractivity contribution is 0.139. The van der Waals surface area contributed by atoms with E-state index in [2.05, 4.69) is 10.1 Å². The Morgan fingerprint density at radius 1 is 1.61 bits per heavy atom. The van der Waals surface area contributed by atoms with Gasteiger partial charge in [-0.25, -0.2) is 9.59 Å². The summed E-state index contributed by atoms with van der Waals surface area (Å²) < 4.78 is 9.24. The number of nitrogens with two attached hydrogens (primary N) is 1. The number of carbonyl (C=O) groups excluding carboxylic acids is 2. The Morgan fingerprint density at radius 2 is 2.22 bits per heavy atom. The van der Waals surface area contributed by atoms with E-state index in [4.69, 9.17) is 10.5 Å². The summed E-state index contributed by atoms with van der Waals surface area (Å²) in [7, 11) is 0. The van der Waals surface area contributed by atoms with Crippen molar-refractivity contribution in [3.05, 3.63) is 0 Å². The number of alkyl carbamates (subject to hydrolysis) is 1. The highest BCUT2D eigenvalue weighted by atomic mass is 16.6. The van der Waals surface area contributed by atoms with E-state index in [1.165, 1.54) is 0 Å². The fraction of sp³-hybridized carbons (Fsp3) is 0.833. The van der Waals surface area contributed by atoms with E-state index in [0.717, 1.165) is 12.8 Å². The molecule has 1 aliphatic heterocycles. The molecular formula is C12H24N2O4. The first-order valence-electron chi connectivity index (χ1n) is 6.20. The van der Waals surface area contributed by atoms with Crippen LogP contribution in [0.5, 0.6) is 0 Å². The van der Waals surface area contributed by atoms with Crippen LogP contribution in [0.15, 0.2) is 0 Å². The lowest BCUT2D eigenvalue weighted by Gasteiger charge is -2.16. The summed E-state index contributed by atoms with van der Waals surface area (Å²) in [6.45, 7) is 8.97. The molecule has 2 amide bonds. The molecule has 0 radical (unpaired) electrons. The molecule has 0 unspecified atom stereocenters. The van der Waals surface area contributed by atoms with Crippen LogP contribution in [0.1, 0.15) is 40.5 Å². The third kappa shape index (κ3) is 6.98. The van der Waals surface area contributed by atoms with E-state index in [-0.39, 0.29) is 11.6 Å². The van der Waals surface area contributed by atoms with Crippen molar-refractivity contribution in [1.29, 1.82) is 0 Å². The Morgan fingerprint density at radius 3 is 2.50 bits per heavy atom. The molecule has 2 atom stereocenters. The van der Waals surface area contributed by atoms with Gasteiger partial charge >= 0.3 is 12.2 Å². The average molecular weight is 260 g/mol. The predicted octanol–water partition coefficient (Wildman–Crippen LogP) is 2.02. The molecular weight excluding hydrogens is 236 g/mol. The minimum atomic E-state index is -0.685. The molecule has 6 nitrogen and oxygen atoms in total. The molecule has 1 heterocycles. The lowest BCUT2D eigenvalue weighted by atomic mass is 10.0. The normalized spacial score (nSPS) is 23.2. The highest BCUT2D eigenvalue weighted by molar-refractivity contribution is 5.70. The molecule has 0 aromatic rings. The number of amides is 2. The molecule has 3 N–H and O–H groups in total. The summed E-state index contributed by atoms with van der Waals surface area (Å²) in [6, 6.07) is 0. The van der Waals surface area contributed by atoms with E-state index < -0.39 is 6.09 Å². The molecule has 0 aromatic heterocycles. The second kappa shape index (κ2) is 7.79. The van der Waals surface area contributed by atoms with E-state index in [1.807, 2.05) is 27.7 Å². The Labute approximate surface area is 108 Å². The average Bonchev–Trinajstić information content (AvgIpc) is 2.68. The van der Waals surface area contributed by atoms with Crippen LogP contribution in [0.4, 0.5) is 9.59 Å². The first-order valence-corrected chi connectivity index (χ1v) is 6.20. The summed E-state index contributed by atoms with van der Waals surface area (Å²) >= 11 is 0. The molecule has 1 fully saturated rings. The molecule has 0 bridgehead atoms. The second-order valence-electron chi connectivity index (χ2n) is 4.76. The van der Waals surface area contributed by atoms with Gasteiger partial charge in [0, 0.05) is 0 Å². The van der Waals surface area contributed by atoms with Crippen LogP contribution < -0.4 is 11.1 Å². The van der Waals surface area contributed by atoms with Crippen molar-refractivity contribution in [3.63, 3.8) is 0 Å². The van der Waals surface area contributed by atoms with E-state index in [1.54, 1.807) is 0 Å². The van der Waals surface area contributed by atoms with Gasteiger partial charge in [0.1, 0.15) is 6.61 Å². The lowest BCUT2D eigenvalue weighted by Crippen LogP contribution is -2.39. The predicted molar refractivity (Wildman–Crippen MR) is 68.2 cm³/mol. The van der Waals surface area contributed by atoms with Gasteiger partial charge in [-0.2, -0.15) is 0 Å². The van der Waals surface area contributed by atoms with Crippen molar-refractivity contribution in [1.82, 2.24) is 5.32 Å².